The molecule has 2 aromatic rings. The van der Waals surface area contributed by atoms with Gasteiger partial charge in [0.25, 0.3) is 0 Å². The highest BCUT2D eigenvalue weighted by atomic mass is 32.2. The van der Waals surface area contributed by atoms with Gasteiger partial charge in [-0.1, -0.05) is 18.2 Å². The fraction of sp³-hybridized carbons (Fsp3) is 0.222. The summed E-state index contributed by atoms with van der Waals surface area (Å²) in [5, 5.41) is 0. The minimum Gasteiger partial charge on any atom is -0.306 e. The quantitative estimate of drug-likeness (QED) is 0.793. The maximum Gasteiger partial charge on any atom is 0.159 e. The molecular formula is C18H15F3O2S. The molecule has 1 N–H and O–H groups in total. The van der Waals surface area contributed by atoms with E-state index in [9.17, 15) is 17.4 Å². The van der Waals surface area contributed by atoms with E-state index in [1.54, 1.807) is 6.07 Å². The third-order valence-corrected chi connectivity index (χ3v) is 4.72. The van der Waals surface area contributed by atoms with Crippen LogP contribution in [0, 0.1) is 17.5 Å². The molecule has 0 saturated heterocycles. The van der Waals surface area contributed by atoms with Crippen LogP contribution in [0.1, 0.15) is 36.0 Å². The molecule has 0 heterocycles. The van der Waals surface area contributed by atoms with E-state index in [4.69, 9.17) is 4.55 Å². The summed E-state index contributed by atoms with van der Waals surface area (Å²) in [6, 6.07) is 8.31. The third kappa shape index (κ3) is 3.44. The van der Waals surface area contributed by atoms with Crippen molar-refractivity contribution in [3.05, 3.63) is 70.5 Å². The molecule has 3 rings (SSSR count). The fourth-order valence-corrected chi connectivity index (χ4v) is 3.55. The number of halogens is 3. The van der Waals surface area contributed by atoms with Crippen LogP contribution in [0.2, 0.25) is 0 Å². The van der Waals surface area contributed by atoms with Crippen molar-refractivity contribution < 1.29 is 21.9 Å². The first-order valence-electron chi connectivity index (χ1n) is 7.49. The number of rotatable bonds is 4. The second-order valence-electron chi connectivity index (χ2n) is 5.71. The summed E-state index contributed by atoms with van der Waals surface area (Å²) >= 11 is -2.11. The Morgan fingerprint density at radius 1 is 0.875 bits per heavy atom. The molecule has 0 amide bonds. The van der Waals surface area contributed by atoms with Gasteiger partial charge >= 0.3 is 0 Å². The molecule has 6 heteroatoms. The molecule has 0 spiro atoms. The van der Waals surface area contributed by atoms with Crippen molar-refractivity contribution in [2.75, 3.05) is 0 Å². The van der Waals surface area contributed by atoms with Crippen molar-refractivity contribution in [1.29, 1.82) is 0 Å². The van der Waals surface area contributed by atoms with Crippen molar-refractivity contribution in [1.82, 2.24) is 0 Å². The Hall–Kier alpha value is -1.92. The summed E-state index contributed by atoms with van der Waals surface area (Å²) < 4.78 is 60.5. The first-order valence-corrected chi connectivity index (χ1v) is 8.77. The number of hydrogen-bond acceptors (Lipinski definition) is 1. The lowest BCUT2D eigenvalue weighted by atomic mass is 9.96. The van der Waals surface area contributed by atoms with Crippen molar-refractivity contribution in [3.8, 4) is 0 Å². The molecule has 1 aliphatic rings. The SMILES string of the molecule is O=S(O)Cc1ccc(C2=C(c3ccc(F)c(F)c3)CCC2)cc1F. The summed E-state index contributed by atoms with van der Waals surface area (Å²) in [4.78, 5) is 0. The Morgan fingerprint density at radius 3 is 2.00 bits per heavy atom. The fourth-order valence-electron chi connectivity index (χ4n) is 3.05. The second-order valence-corrected chi connectivity index (χ2v) is 6.64. The van der Waals surface area contributed by atoms with Crippen LogP contribution < -0.4 is 0 Å². The molecule has 0 aliphatic heterocycles. The van der Waals surface area contributed by atoms with E-state index in [-0.39, 0.29) is 11.3 Å². The molecule has 0 radical (unpaired) electrons. The highest BCUT2D eigenvalue weighted by molar-refractivity contribution is 7.78. The third-order valence-electron chi connectivity index (χ3n) is 4.17. The number of hydrogen-bond donors (Lipinski definition) is 1. The molecule has 24 heavy (non-hydrogen) atoms. The van der Waals surface area contributed by atoms with E-state index in [1.165, 1.54) is 18.2 Å². The van der Waals surface area contributed by atoms with Gasteiger partial charge in [0.1, 0.15) is 5.82 Å². The molecular weight excluding hydrogens is 337 g/mol. The van der Waals surface area contributed by atoms with Gasteiger partial charge in [-0.3, -0.25) is 0 Å². The molecule has 0 bridgehead atoms. The van der Waals surface area contributed by atoms with Crippen molar-refractivity contribution in [2.45, 2.75) is 25.0 Å². The van der Waals surface area contributed by atoms with Gasteiger partial charge in [-0.15, -0.1) is 0 Å². The Balaban J connectivity index is 2.01. The monoisotopic (exact) mass is 352 g/mol. The Bertz CT molecular complexity index is 846. The molecule has 0 aromatic heterocycles. The molecule has 0 saturated carbocycles. The summed E-state index contributed by atoms with van der Waals surface area (Å²) in [5.41, 5.74) is 3.22. The lowest BCUT2D eigenvalue weighted by molar-refractivity contribution is 0.508. The lowest BCUT2D eigenvalue weighted by Crippen LogP contribution is -1.98. The number of benzene rings is 2. The van der Waals surface area contributed by atoms with Gasteiger partial charge in [0.15, 0.2) is 22.7 Å². The van der Waals surface area contributed by atoms with Crippen LogP contribution in [0.5, 0.6) is 0 Å². The van der Waals surface area contributed by atoms with E-state index < -0.39 is 28.5 Å². The molecule has 0 fully saturated rings. The minimum atomic E-state index is -2.11. The van der Waals surface area contributed by atoms with Crippen LogP contribution in [0.15, 0.2) is 36.4 Å². The molecule has 1 atom stereocenters. The van der Waals surface area contributed by atoms with Crippen LogP contribution in [0.3, 0.4) is 0 Å². The van der Waals surface area contributed by atoms with Crippen LogP contribution in [0.4, 0.5) is 13.2 Å². The largest absolute Gasteiger partial charge is 0.306 e. The summed E-state index contributed by atoms with van der Waals surface area (Å²) in [5.74, 6) is -2.61. The summed E-state index contributed by atoms with van der Waals surface area (Å²) in [6.07, 6.45) is 2.29. The van der Waals surface area contributed by atoms with E-state index in [0.717, 1.165) is 36.1 Å². The van der Waals surface area contributed by atoms with E-state index in [2.05, 4.69) is 0 Å². The normalized spacial score (nSPS) is 15.8. The predicted molar refractivity (Wildman–Crippen MR) is 87.9 cm³/mol. The van der Waals surface area contributed by atoms with Crippen LogP contribution in [-0.4, -0.2) is 8.76 Å². The van der Waals surface area contributed by atoms with Gasteiger partial charge in [0.05, 0.1) is 5.75 Å². The maximum absolute atomic E-state index is 14.1. The van der Waals surface area contributed by atoms with Crippen LogP contribution >= 0.6 is 0 Å². The average molecular weight is 352 g/mol. The van der Waals surface area contributed by atoms with Crippen molar-refractivity contribution >= 4 is 22.2 Å². The Labute approximate surface area is 140 Å². The smallest absolute Gasteiger partial charge is 0.159 e. The zero-order valence-corrected chi connectivity index (χ0v) is 13.5. The van der Waals surface area contributed by atoms with Crippen LogP contribution in [-0.2, 0) is 16.8 Å². The highest BCUT2D eigenvalue weighted by Crippen LogP contribution is 2.40. The topological polar surface area (TPSA) is 37.3 Å². The lowest BCUT2D eigenvalue weighted by Gasteiger charge is -2.10. The molecule has 2 aromatic carbocycles. The standard InChI is InChI=1S/C18H15F3O2S/c19-16-7-6-12(9-18(16)21)15-3-1-2-14(15)11-4-5-13(10-24(22)23)17(20)8-11/h4-9H,1-3,10H2,(H,22,23). The van der Waals surface area contributed by atoms with Gasteiger partial charge in [-0.05, 0) is 59.7 Å². The zero-order valence-electron chi connectivity index (χ0n) is 12.7. The molecule has 126 valence electrons. The van der Waals surface area contributed by atoms with Gasteiger partial charge in [-0.25, -0.2) is 17.4 Å². The van der Waals surface area contributed by atoms with Gasteiger partial charge in [-0.2, -0.15) is 0 Å². The zero-order chi connectivity index (χ0) is 17.3. The van der Waals surface area contributed by atoms with Gasteiger partial charge < -0.3 is 4.55 Å². The first-order chi connectivity index (χ1) is 11.5. The van der Waals surface area contributed by atoms with Crippen LogP contribution in [0.25, 0.3) is 11.1 Å². The van der Waals surface area contributed by atoms with Gasteiger partial charge in [0.2, 0.25) is 0 Å². The minimum absolute atomic E-state index is 0.174. The molecule has 1 unspecified atom stereocenters. The van der Waals surface area contributed by atoms with Crippen molar-refractivity contribution in [2.24, 2.45) is 0 Å². The Kier molecular flexibility index (Phi) is 4.87. The highest BCUT2D eigenvalue weighted by Gasteiger charge is 2.20. The molecule has 1 aliphatic carbocycles. The van der Waals surface area contributed by atoms with Crippen molar-refractivity contribution in [3.63, 3.8) is 0 Å². The van der Waals surface area contributed by atoms with E-state index >= 15 is 0 Å². The summed E-state index contributed by atoms with van der Waals surface area (Å²) in [7, 11) is 0. The number of allylic oxidation sites excluding steroid dienone is 2. The maximum atomic E-state index is 14.1. The summed E-state index contributed by atoms with van der Waals surface area (Å²) in [6.45, 7) is 0. The average Bonchev–Trinajstić information content (AvgIpc) is 3.01. The predicted octanol–water partition coefficient (Wildman–Crippen LogP) is 4.92. The first kappa shape index (κ1) is 16.9. The second kappa shape index (κ2) is 6.91. The van der Waals surface area contributed by atoms with E-state index in [0.29, 0.717) is 17.5 Å². The van der Waals surface area contributed by atoms with E-state index in [1.807, 2.05) is 0 Å². The Morgan fingerprint density at radius 2 is 1.46 bits per heavy atom. The van der Waals surface area contributed by atoms with Gasteiger partial charge in [0, 0.05) is 5.56 Å². The molecule has 2 nitrogen and oxygen atoms in total.